The first-order valence-corrected chi connectivity index (χ1v) is 6.75. The highest BCUT2D eigenvalue weighted by Gasteiger charge is 2.08. The number of hydrogen-bond donors (Lipinski definition) is 2. The van der Waals surface area contributed by atoms with Crippen LogP contribution in [-0.4, -0.2) is 18.4 Å². The van der Waals surface area contributed by atoms with Crippen LogP contribution < -0.4 is 10.5 Å². The summed E-state index contributed by atoms with van der Waals surface area (Å²) in [6.45, 7) is 0. The second kappa shape index (κ2) is 4.89. The van der Waals surface area contributed by atoms with Crippen LogP contribution in [0.25, 0.3) is 0 Å². The number of nitrogens with one attached hydrogen (secondary N) is 1. The van der Waals surface area contributed by atoms with E-state index in [0.717, 1.165) is 0 Å². The molecule has 0 aliphatic rings. The third-order valence-electron chi connectivity index (χ3n) is 2.07. The van der Waals surface area contributed by atoms with Gasteiger partial charge in [0, 0.05) is 11.8 Å². The first-order chi connectivity index (χ1) is 8.45. The molecule has 0 radical (unpaired) electrons. The number of halogens is 1. The van der Waals surface area contributed by atoms with E-state index in [0.29, 0.717) is 11.5 Å². The van der Waals surface area contributed by atoms with Crippen molar-refractivity contribution in [2.24, 2.45) is 5.14 Å². The molecule has 0 bridgehead atoms. The zero-order valence-electron chi connectivity index (χ0n) is 9.04. The van der Waals surface area contributed by atoms with Crippen molar-refractivity contribution in [1.29, 1.82) is 0 Å². The Kier molecular flexibility index (Phi) is 3.46. The lowest BCUT2D eigenvalue weighted by atomic mass is 10.3. The summed E-state index contributed by atoms with van der Waals surface area (Å²) in [6, 6.07) is 7.60. The van der Waals surface area contributed by atoms with Gasteiger partial charge < -0.3 is 5.32 Å². The smallest absolute Gasteiger partial charge is 0.238 e. The van der Waals surface area contributed by atoms with Gasteiger partial charge in [-0.05, 0) is 18.2 Å². The summed E-state index contributed by atoms with van der Waals surface area (Å²) < 4.78 is 22.4. The van der Waals surface area contributed by atoms with Gasteiger partial charge in [-0.1, -0.05) is 17.7 Å². The fourth-order valence-electron chi connectivity index (χ4n) is 1.30. The van der Waals surface area contributed by atoms with E-state index in [1.807, 2.05) is 0 Å². The van der Waals surface area contributed by atoms with Crippen molar-refractivity contribution in [3.05, 3.63) is 41.8 Å². The number of nitrogens with zero attached hydrogens (tertiary/aromatic N) is 2. The SMILES string of the molecule is NS(=O)(=O)c1cccc(Nc2cc(Cl)ncn2)c1. The van der Waals surface area contributed by atoms with Gasteiger partial charge in [-0.3, -0.25) is 0 Å². The van der Waals surface area contributed by atoms with Crippen LogP contribution in [0.3, 0.4) is 0 Å². The maximum Gasteiger partial charge on any atom is 0.238 e. The highest BCUT2D eigenvalue weighted by Crippen LogP contribution is 2.19. The summed E-state index contributed by atoms with van der Waals surface area (Å²) in [5, 5.41) is 8.23. The Morgan fingerprint density at radius 1 is 1.22 bits per heavy atom. The van der Waals surface area contributed by atoms with Crippen molar-refractivity contribution in [3.63, 3.8) is 0 Å². The first kappa shape index (κ1) is 12.7. The molecule has 18 heavy (non-hydrogen) atoms. The number of anilines is 2. The average molecular weight is 285 g/mol. The second-order valence-electron chi connectivity index (χ2n) is 3.42. The predicted octanol–water partition coefficient (Wildman–Crippen LogP) is 1.52. The van der Waals surface area contributed by atoms with Crippen LogP contribution in [0.2, 0.25) is 5.15 Å². The van der Waals surface area contributed by atoms with Crippen LogP contribution in [0.15, 0.2) is 41.6 Å². The van der Waals surface area contributed by atoms with E-state index >= 15 is 0 Å². The predicted molar refractivity (Wildman–Crippen MR) is 68.1 cm³/mol. The van der Waals surface area contributed by atoms with E-state index in [-0.39, 0.29) is 10.0 Å². The number of hydrogen-bond acceptors (Lipinski definition) is 5. The molecule has 6 nitrogen and oxygen atoms in total. The lowest BCUT2D eigenvalue weighted by Crippen LogP contribution is -2.12. The summed E-state index contributed by atoms with van der Waals surface area (Å²) in [7, 11) is -3.72. The van der Waals surface area contributed by atoms with Gasteiger partial charge in [-0.2, -0.15) is 0 Å². The summed E-state index contributed by atoms with van der Waals surface area (Å²) in [5.41, 5.74) is 0.538. The summed E-state index contributed by atoms with van der Waals surface area (Å²) >= 11 is 5.71. The lowest BCUT2D eigenvalue weighted by molar-refractivity contribution is 0.598. The Hall–Kier alpha value is -1.70. The van der Waals surface area contributed by atoms with Crippen LogP contribution in [0.5, 0.6) is 0 Å². The molecule has 1 heterocycles. The molecule has 2 aromatic rings. The molecule has 0 fully saturated rings. The van der Waals surface area contributed by atoms with E-state index in [4.69, 9.17) is 16.7 Å². The maximum atomic E-state index is 11.2. The molecule has 1 aromatic carbocycles. The van der Waals surface area contributed by atoms with Crippen LogP contribution >= 0.6 is 11.6 Å². The van der Waals surface area contributed by atoms with Gasteiger partial charge in [-0.25, -0.2) is 23.5 Å². The molecule has 0 spiro atoms. The standard InChI is InChI=1S/C10H9ClN4O2S/c11-9-5-10(14-6-13-9)15-7-2-1-3-8(4-7)18(12,16)17/h1-6H,(H2,12,16,17)(H,13,14,15). The number of rotatable bonds is 3. The fourth-order valence-corrected chi connectivity index (χ4v) is 2.01. The molecule has 0 saturated carbocycles. The average Bonchev–Trinajstić information content (AvgIpc) is 2.28. The van der Waals surface area contributed by atoms with Gasteiger partial charge in [0.1, 0.15) is 17.3 Å². The molecule has 8 heteroatoms. The molecule has 94 valence electrons. The van der Waals surface area contributed by atoms with Gasteiger partial charge in [0.05, 0.1) is 4.90 Å². The number of primary sulfonamides is 1. The number of sulfonamides is 1. The molecular formula is C10H9ClN4O2S. The minimum absolute atomic E-state index is 0.0210. The number of benzene rings is 1. The molecule has 0 aliphatic heterocycles. The van der Waals surface area contributed by atoms with Crippen molar-refractivity contribution in [2.45, 2.75) is 4.90 Å². The number of aromatic nitrogens is 2. The van der Waals surface area contributed by atoms with E-state index in [2.05, 4.69) is 15.3 Å². The molecule has 2 rings (SSSR count). The number of nitrogens with two attached hydrogens (primary N) is 1. The Balaban J connectivity index is 2.30. The van der Waals surface area contributed by atoms with Crippen molar-refractivity contribution in [1.82, 2.24) is 9.97 Å². The van der Waals surface area contributed by atoms with Crippen LogP contribution in [-0.2, 0) is 10.0 Å². The molecule has 0 aliphatic carbocycles. The molecule has 0 amide bonds. The molecule has 0 atom stereocenters. The third-order valence-corrected chi connectivity index (χ3v) is 3.19. The minimum Gasteiger partial charge on any atom is -0.340 e. The maximum absolute atomic E-state index is 11.2. The largest absolute Gasteiger partial charge is 0.340 e. The zero-order valence-corrected chi connectivity index (χ0v) is 10.6. The Morgan fingerprint density at radius 3 is 2.67 bits per heavy atom. The van der Waals surface area contributed by atoms with E-state index in [9.17, 15) is 8.42 Å². The second-order valence-corrected chi connectivity index (χ2v) is 5.37. The summed E-state index contributed by atoms with van der Waals surface area (Å²) in [5.74, 6) is 0.460. The summed E-state index contributed by atoms with van der Waals surface area (Å²) in [4.78, 5) is 7.70. The van der Waals surface area contributed by atoms with Crippen LogP contribution in [0.4, 0.5) is 11.5 Å². The van der Waals surface area contributed by atoms with Gasteiger partial charge in [0.25, 0.3) is 0 Å². The first-order valence-electron chi connectivity index (χ1n) is 4.82. The quantitative estimate of drug-likeness (QED) is 0.833. The van der Waals surface area contributed by atoms with Crippen LogP contribution in [0.1, 0.15) is 0 Å². The highest BCUT2D eigenvalue weighted by atomic mass is 35.5. The van der Waals surface area contributed by atoms with E-state index < -0.39 is 10.0 Å². The van der Waals surface area contributed by atoms with Crippen molar-refractivity contribution < 1.29 is 8.42 Å². The molecule has 0 saturated heterocycles. The Bertz CT molecular complexity index is 675. The molecular weight excluding hydrogens is 276 g/mol. The normalized spacial score (nSPS) is 11.2. The Labute approximate surface area is 109 Å². The molecule has 3 N–H and O–H groups in total. The van der Waals surface area contributed by atoms with Crippen molar-refractivity contribution >= 4 is 33.1 Å². The summed E-state index contributed by atoms with van der Waals surface area (Å²) in [6.07, 6.45) is 1.30. The van der Waals surface area contributed by atoms with Crippen molar-refractivity contribution in [2.75, 3.05) is 5.32 Å². The third kappa shape index (κ3) is 3.16. The van der Waals surface area contributed by atoms with Crippen LogP contribution in [0, 0.1) is 0 Å². The van der Waals surface area contributed by atoms with E-state index in [1.165, 1.54) is 24.5 Å². The monoisotopic (exact) mass is 284 g/mol. The van der Waals surface area contributed by atoms with Crippen molar-refractivity contribution in [3.8, 4) is 0 Å². The fraction of sp³-hybridized carbons (Fsp3) is 0. The minimum atomic E-state index is -3.72. The van der Waals surface area contributed by atoms with Gasteiger partial charge in [0.15, 0.2) is 0 Å². The molecule has 1 aromatic heterocycles. The topological polar surface area (TPSA) is 98.0 Å². The highest BCUT2D eigenvalue weighted by molar-refractivity contribution is 7.89. The van der Waals surface area contributed by atoms with Gasteiger partial charge >= 0.3 is 0 Å². The van der Waals surface area contributed by atoms with Gasteiger partial charge in [-0.15, -0.1) is 0 Å². The van der Waals surface area contributed by atoms with Gasteiger partial charge in [0.2, 0.25) is 10.0 Å². The lowest BCUT2D eigenvalue weighted by Gasteiger charge is -2.06. The molecule has 0 unspecified atom stereocenters. The zero-order chi connectivity index (χ0) is 13.2. The van der Waals surface area contributed by atoms with E-state index in [1.54, 1.807) is 12.1 Å². The Morgan fingerprint density at radius 2 is 2.00 bits per heavy atom.